The third-order valence-electron chi connectivity index (χ3n) is 4.06. The average Bonchev–Trinajstić information content (AvgIpc) is 2.54. The summed E-state index contributed by atoms with van der Waals surface area (Å²) in [6.45, 7) is 1.93. The van der Waals surface area contributed by atoms with E-state index in [9.17, 15) is 10.2 Å². The molecule has 0 saturated carbocycles. The summed E-state index contributed by atoms with van der Waals surface area (Å²) in [7, 11) is 0. The molecule has 3 unspecified atom stereocenters. The topological polar surface area (TPSA) is 86.7 Å². The highest BCUT2D eigenvalue weighted by Gasteiger charge is 2.21. The standard InChI is InChI=1S/C18H37NO3/c1-2-3-4-5-6-7-8-9-10-11-12-13-14-17(21)18(22)16(19)15-20/h10-11,16-18,20-22H,2-9,12-15,19H2,1H3/b11-10-. The van der Waals surface area contributed by atoms with Crippen LogP contribution in [-0.2, 0) is 0 Å². The van der Waals surface area contributed by atoms with Crippen molar-refractivity contribution in [2.24, 2.45) is 5.73 Å². The summed E-state index contributed by atoms with van der Waals surface area (Å²) < 4.78 is 0. The molecule has 0 aliphatic rings. The van der Waals surface area contributed by atoms with Crippen LogP contribution in [0.3, 0.4) is 0 Å². The molecule has 0 radical (unpaired) electrons. The molecule has 0 aliphatic heterocycles. The van der Waals surface area contributed by atoms with Crippen molar-refractivity contribution in [2.75, 3.05) is 6.61 Å². The Morgan fingerprint density at radius 1 is 0.864 bits per heavy atom. The highest BCUT2D eigenvalue weighted by atomic mass is 16.3. The minimum absolute atomic E-state index is 0.309. The first-order valence-electron chi connectivity index (χ1n) is 9.01. The minimum Gasteiger partial charge on any atom is -0.395 e. The Balaban J connectivity index is 3.40. The Labute approximate surface area is 136 Å². The summed E-state index contributed by atoms with van der Waals surface area (Å²) in [5.41, 5.74) is 5.48. The van der Waals surface area contributed by atoms with E-state index in [1.165, 1.54) is 44.9 Å². The van der Waals surface area contributed by atoms with Gasteiger partial charge in [-0.1, -0.05) is 57.6 Å². The zero-order valence-corrected chi connectivity index (χ0v) is 14.3. The summed E-state index contributed by atoms with van der Waals surface area (Å²) in [4.78, 5) is 0. The van der Waals surface area contributed by atoms with Crippen LogP contribution >= 0.6 is 0 Å². The van der Waals surface area contributed by atoms with Crippen LogP contribution in [0.1, 0.15) is 77.6 Å². The smallest absolute Gasteiger partial charge is 0.0971 e. The molecule has 0 fully saturated rings. The second-order valence-electron chi connectivity index (χ2n) is 6.22. The lowest BCUT2D eigenvalue weighted by Crippen LogP contribution is -2.45. The fraction of sp³-hybridized carbons (Fsp3) is 0.889. The van der Waals surface area contributed by atoms with Gasteiger partial charge >= 0.3 is 0 Å². The number of unbranched alkanes of at least 4 members (excludes halogenated alkanes) is 8. The molecule has 4 heteroatoms. The summed E-state index contributed by atoms with van der Waals surface area (Å²) in [5, 5.41) is 28.1. The van der Waals surface area contributed by atoms with E-state index in [-0.39, 0.29) is 6.61 Å². The first kappa shape index (κ1) is 21.6. The molecular formula is C18H37NO3. The second-order valence-corrected chi connectivity index (χ2v) is 6.22. The molecule has 0 heterocycles. The van der Waals surface area contributed by atoms with Crippen LogP contribution in [0.25, 0.3) is 0 Å². The van der Waals surface area contributed by atoms with Crippen molar-refractivity contribution < 1.29 is 15.3 Å². The SMILES string of the molecule is CCCCCCCCC/C=C\CCCC(O)C(O)C(N)CO. The third-order valence-corrected chi connectivity index (χ3v) is 4.06. The van der Waals surface area contributed by atoms with Crippen LogP contribution in [0.15, 0.2) is 12.2 Å². The van der Waals surface area contributed by atoms with Gasteiger partial charge in [0, 0.05) is 0 Å². The van der Waals surface area contributed by atoms with E-state index in [2.05, 4.69) is 19.1 Å². The van der Waals surface area contributed by atoms with Crippen LogP contribution in [-0.4, -0.2) is 40.2 Å². The van der Waals surface area contributed by atoms with Crippen LogP contribution in [0, 0.1) is 0 Å². The Morgan fingerprint density at radius 3 is 2.00 bits per heavy atom. The lowest BCUT2D eigenvalue weighted by molar-refractivity contribution is -0.0117. The number of allylic oxidation sites excluding steroid dienone is 2. The van der Waals surface area contributed by atoms with E-state index in [1.807, 2.05) is 0 Å². The van der Waals surface area contributed by atoms with E-state index in [0.29, 0.717) is 6.42 Å². The largest absolute Gasteiger partial charge is 0.395 e. The summed E-state index contributed by atoms with van der Waals surface area (Å²) in [6, 6.07) is -0.761. The Bertz CT molecular complexity index is 259. The summed E-state index contributed by atoms with van der Waals surface area (Å²) >= 11 is 0. The molecule has 0 spiro atoms. The van der Waals surface area contributed by atoms with Gasteiger partial charge in [0.2, 0.25) is 0 Å². The number of nitrogens with two attached hydrogens (primary N) is 1. The molecular weight excluding hydrogens is 278 g/mol. The molecule has 0 rings (SSSR count). The molecule has 0 saturated heterocycles. The maximum Gasteiger partial charge on any atom is 0.0971 e. The molecule has 0 aromatic carbocycles. The molecule has 5 N–H and O–H groups in total. The highest BCUT2D eigenvalue weighted by Crippen LogP contribution is 2.10. The fourth-order valence-corrected chi connectivity index (χ4v) is 2.46. The molecule has 0 amide bonds. The van der Waals surface area contributed by atoms with Gasteiger partial charge in [-0.2, -0.15) is 0 Å². The monoisotopic (exact) mass is 315 g/mol. The van der Waals surface area contributed by atoms with Gasteiger partial charge in [-0.15, -0.1) is 0 Å². The number of hydrogen-bond acceptors (Lipinski definition) is 4. The van der Waals surface area contributed by atoms with Gasteiger partial charge in [0.15, 0.2) is 0 Å². The molecule has 0 aromatic rings. The van der Waals surface area contributed by atoms with Crippen LogP contribution in [0.5, 0.6) is 0 Å². The maximum atomic E-state index is 9.72. The van der Waals surface area contributed by atoms with Gasteiger partial charge in [-0.3, -0.25) is 0 Å². The second kappa shape index (κ2) is 15.5. The number of aliphatic hydroxyl groups is 3. The quantitative estimate of drug-likeness (QED) is 0.276. The normalized spacial score (nSPS) is 16.0. The van der Waals surface area contributed by atoms with E-state index in [1.54, 1.807) is 0 Å². The number of rotatable bonds is 15. The van der Waals surface area contributed by atoms with Gasteiger partial charge < -0.3 is 21.1 Å². The Morgan fingerprint density at radius 2 is 1.41 bits per heavy atom. The number of aliphatic hydroxyl groups excluding tert-OH is 3. The van der Waals surface area contributed by atoms with Crippen LogP contribution in [0.2, 0.25) is 0 Å². The molecule has 132 valence electrons. The molecule has 4 nitrogen and oxygen atoms in total. The van der Waals surface area contributed by atoms with E-state index >= 15 is 0 Å². The highest BCUT2D eigenvalue weighted by molar-refractivity contribution is 4.83. The predicted molar refractivity (Wildman–Crippen MR) is 92.7 cm³/mol. The molecule has 22 heavy (non-hydrogen) atoms. The first-order valence-corrected chi connectivity index (χ1v) is 9.01. The minimum atomic E-state index is -1.04. The van der Waals surface area contributed by atoms with Gasteiger partial charge in [-0.25, -0.2) is 0 Å². The molecule has 0 aliphatic carbocycles. The zero-order chi connectivity index (χ0) is 16.6. The van der Waals surface area contributed by atoms with Crippen LogP contribution in [0.4, 0.5) is 0 Å². The van der Waals surface area contributed by atoms with Gasteiger partial charge in [0.1, 0.15) is 0 Å². The average molecular weight is 315 g/mol. The van der Waals surface area contributed by atoms with Gasteiger partial charge in [0.05, 0.1) is 24.9 Å². The fourth-order valence-electron chi connectivity index (χ4n) is 2.46. The lowest BCUT2D eigenvalue weighted by atomic mass is 10.0. The van der Waals surface area contributed by atoms with Crippen molar-refractivity contribution in [2.45, 2.75) is 95.8 Å². The van der Waals surface area contributed by atoms with E-state index < -0.39 is 18.2 Å². The molecule has 3 atom stereocenters. The van der Waals surface area contributed by atoms with Crippen molar-refractivity contribution in [1.82, 2.24) is 0 Å². The Kier molecular flexibility index (Phi) is 15.2. The predicted octanol–water partition coefficient (Wildman–Crippen LogP) is 2.90. The maximum absolute atomic E-state index is 9.72. The first-order chi connectivity index (χ1) is 10.6. The summed E-state index contributed by atoms with van der Waals surface area (Å²) in [5.74, 6) is 0. The number of hydrogen-bond donors (Lipinski definition) is 4. The zero-order valence-electron chi connectivity index (χ0n) is 14.3. The van der Waals surface area contributed by atoms with E-state index in [4.69, 9.17) is 10.8 Å². The van der Waals surface area contributed by atoms with Gasteiger partial charge in [-0.05, 0) is 32.1 Å². The van der Waals surface area contributed by atoms with Crippen LogP contribution < -0.4 is 5.73 Å². The van der Waals surface area contributed by atoms with Crippen molar-refractivity contribution in [3.05, 3.63) is 12.2 Å². The van der Waals surface area contributed by atoms with Crippen molar-refractivity contribution in [3.63, 3.8) is 0 Å². The van der Waals surface area contributed by atoms with E-state index in [0.717, 1.165) is 19.3 Å². The lowest BCUT2D eigenvalue weighted by Gasteiger charge is -2.21. The van der Waals surface area contributed by atoms with Gasteiger partial charge in [0.25, 0.3) is 0 Å². The van der Waals surface area contributed by atoms with Crippen molar-refractivity contribution in [1.29, 1.82) is 0 Å². The molecule has 0 bridgehead atoms. The molecule has 0 aromatic heterocycles. The Hall–Kier alpha value is -0.420. The summed E-state index contributed by atoms with van der Waals surface area (Å²) in [6.07, 6.45) is 15.2. The van der Waals surface area contributed by atoms with Crippen molar-refractivity contribution in [3.8, 4) is 0 Å². The third kappa shape index (κ3) is 12.2. The van der Waals surface area contributed by atoms with Crippen molar-refractivity contribution >= 4 is 0 Å².